The molecule has 0 amide bonds. The maximum Gasteiger partial charge on any atom is 0.0345 e. The Morgan fingerprint density at radius 3 is 3.00 bits per heavy atom. The van der Waals surface area contributed by atoms with Crippen LogP contribution in [0.4, 0.5) is 0 Å². The normalized spacial score (nSPS) is 21.8. The second-order valence-electron chi connectivity index (χ2n) is 4.60. The molecule has 0 aromatic carbocycles. The van der Waals surface area contributed by atoms with Gasteiger partial charge in [0.15, 0.2) is 0 Å². The molecule has 2 heterocycles. The average molecular weight is 289 g/mol. The van der Waals surface area contributed by atoms with Gasteiger partial charge in [-0.15, -0.1) is 11.3 Å². The molecule has 1 aromatic heterocycles. The molecule has 1 aliphatic rings. The van der Waals surface area contributed by atoms with Crippen molar-refractivity contribution in [2.75, 3.05) is 19.6 Å². The van der Waals surface area contributed by atoms with Gasteiger partial charge in [-0.2, -0.15) is 0 Å². The molecule has 1 N–H and O–H groups in total. The smallest absolute Gasteiger partial charge is 0.0345 e. The van der Waals surface area contributed by atoms with Gasteiger partial charge >= 0.3 is 0 Å². The van der Waals surface area contributed by atoms with Crippen LogP contribution in [0.5, 0.6) is 0 Å². The molecule has 1 saturated heterocycles. The third kappa shape index (κ3) is 2.61. The van der Waals surface area contributed by atoms with E-state index in [4.69, 9.17) is 0 Å². The van der Waals surface area contributed by atoms with Crippen LogP contribution in [0.1, 0.15) is 18.7 Å². The zero-order chi connectivity index (χ0) is 10.9. The van der Waals surface area contributed by atoms with Gasteiger partial charge in [0, 0.05) is 41.1 Å². The number of nitrogens with zero attached hydrogens (tertiary/aromatic N) is 1. The number of hydrogen-bond donors (Lipinski definition) is 1. The second-order valence-corrected chi connectivity index (χ2v) is 6.46. The molecule has 0 spiro atoms. The largest absolute Gasteiger partial charge is 0.314 e. The summed E-state index contributed by atoms with van der Waals surface area (Å²) in [6.45, 7) is 8.99. The first-order valence-corrected chi connectivity index (χ1v) is 6.94. The molecule has 0 saturated carbocycles. The van der Waals surface area contributed by atoms with Crippen molar-refractivity contribution in [3.8, 4) is 0 Å². The quantitative estimate of drug-likeness (QED) is 0.900. The van der Waals surface area contributed by atoms with E-state index in [1.165, 1.54) is 9.35 Å². The van der Waals surface area contributed by atoms with Crippen LogP contribution in [0, 0.1) is 0 Å². The summed E-state index contributed by atoms with van der Waals surface area (Å²) in [5, 5.41) is 5.60. The van der Waals surface area contributed by atoms with Crippen molar-refractivity contribution in [1.82, 2.24) is 10.2 Å². The molecule has 2 nitrogen and oxygen atoms in total. The average Bonchev–Trinajstić information content (AvgIpc) is 2.56. The third-order valence-electron chi connectivity index (χ3n) is 3.00. The van der Waals surface area contributed by atoms with Crippen LogP contribution in [-0.2, 0) is 6.54 Å². The third-order valence-corrected chi connectivity index (χ3v) is 4.91. The minimum Gasteiger partial charge on any atom is -0.314 e. The summed E-state index contributed by atoms with van der Waals surface area (Å²) >= 11 is 5.43. The Morgan fingerprint density at radius 1 is 1.60 bits per heavy atom. The van der Waals surface area contributed by atoms with Gasteiger partial charge in [-0.3, -0.25) is 4.90 Å². The van der Waals surface area contributed by atoms with Crippen LogP contribution in [0.25, 0.3) is 0 Å². The van der Waals surface area contributed by atoms with Crippen LogP contribution in [0.15, 0.2) is 15.9 Å². The summed E-state index contributed by atoms with van der Waals surface area (Å²) < 4.78 is 1.25. The maximum atomic E-state index is 3.60. The van der Waals surface area contributed by atoms with E-state index in [1.807, 2.05) is 11.3 Å². The van der Waals surface area contributed by atoms with E-state index < -0.39 is 0 Å². The molecular formula is C11H17BrN2S. The molecule has 0 radical (unpaired) electrons. The van der Waals surface area contributed by atoms with Crippen LogP contribution >= 0.6 is 27.3 Å². The van der Waals surface area contributed by atoms with E-state index in [-0.39, 0.29) is 5.54 Å². The van der Waals surface area contributed by atoms with Gasteiger partial charge in [-0.1, -0.05) is 0 Å². The number of rotatable bonds is 2. The summed E-state index contributed by atoms with van der Waals surface area (Å²) in [6.07, 6.45) is 0. The first-order chi connectivity index (χ1) is 7.09. The number of piperazine rings is 1. The predicted molar refractivity (Wildman–Crippen MR) is 69.4 cm³/mol. The van der Waals surface area contributed by atoms with Gasteiger partial charge in [0.1, 0.15) is 0 Å². The van der Waals surface area contributed by atoms with Gasteiger partial charge in [0.05, 0.1) is 0 Å². The van der Waals surface area contributed by atoms with Crippen LogP contribution in [0.2, 0.25) is 0 Å². The van der Waals surface area contributed by atoms with Gasteiger partial charge in [0.2, 0.25) is 0 Å². The summed E-state index contributed by atoms with van der Waals surface area (Å²) in [6, 6.07) is 2.13. The van der Waals surface area contributed by atoms with Crippen molar-refractivity contribution >= 4 is 27.3 Å². The predicted octanol–water partition coefficient (Wildman–Crippen LogP) is 2.69. The number of halogens is 1. The molecule has 4 heteroatoms. The molecule has 15 heavy (non-hydrogen) atoms. The van der Waals surface area contributed by atoms with Crippen molar-refractivity contribution in [3.05, 3.63) is 20.8 Å². The van der Waals surface area contributed by atoms with Gasteiger partial charge in [0.25, 0.3) is 0 Å². The summed E-state index contributed by atoms with van der Waals surface area (Å²) in [5.41, 5.74) is 0.266. The highest BCUT2D eigenvalue weighted by atomic mass is 79.9. The van der Waals surface area contributed by atoms with Gasteiger partial charge in [-0.25, -0.2) is 0 Å². The molecule has 84 valence electrons. The molecule has 2 rings (SSSR count). The second kappa shape index (κ2) is 4.53. The molecule has 0 atom stereocenters. The summed E-state index contributed by atoms with van der Waals surface area (Å²) in [5.74, 6) is 0. The minimum absolute atomic E-state index is 0.266. The number of nitrogens with one attached hydrogen (secondary N) is 1. The zero-order valence-corrected chi connectivity index (χ0v) is 11.6. The lowest BCUT2D eigenvalue weighted by atomic mass is 10.0. The van der Waals surface area contributed by atoms with E-state index in [0.29, 0.717) is 0 Å². The Labute approximate surface area is 104 Å². The van der Waals surface area contributed by atoms with Crippen LogP contribution in [-0.4, -0.2) is 30.1 Å². The number of hydrogen-bond acceptors (Lipinski definition) is 3. The Hall–Kier alpha value is 0.100. The Kier molecular flexibility index (Phi) is 3.50. The first kappa shape index (κ1) is 11.6. The lowest BCUT2D eigenvalue weighted by Crippen LogP contribution is -2.57. The van der Waals surface area contributed by atoms with Crippen molar-refractivity contribution in [1.29, 1.82) is 0 Å². The Bertz CT molecular complexity index is 335. The minimum atomic E-state index is 0.266. The monoisotopic (exact) mass is 288 g/mol. The molecule has 0 unspecified atom stereocenters. The molecular weight excluding hydrogens is 272 g/mol. The van der Waals surface area contributed by atoms with Crippen molar-refractivity contribution in [2.24, 2.45) is 0 Å². The summed E-state index contributed by atoms with van der Waals surface area (Å²) in [4.78, 5) is 3.99. The SMILES string of the molecule is CC1(C)CNCCN1Cc1sccc1Br. The van der Waals surface area contributed by atoms with Crippen molar-refractivity contribution < 1.29 is 0 Å². The highest BCUT2D eigenvalue weighted by molar-refractivity contribution is 9.10. The molecule has 1 fully saturated rings. The fraction of sp³-hybridized carbons (Fsp3) is 0.636. The lowest BCUT2D eigenvalue weighted by Gasteiger charge is -2.42. The van der Waals surface area contributed by atoms with E-state index >= 15 is 0 Å². The highest BCUT2D eigenvalue weighted by Crippen LogP contribution is 2.27. The maximum absolute atomic E-state index is 3.60. The van der Waals surface area contributed by atoms with Crippen molar-refractivity contribution in [3.63, 3.8) is 0 Å². The Morgan fingerprint density at radius 2 is 2.40 bits per heavy atom. The number of thiophene rings is 1. The van der Waals surface area contributed by atoms with E-state index in [0.717, 1.165) is 26.2 Å². The van der Waals surface area contributed by atoms with Crippen molar-refractivity contribution in [2.45, 2.75) is 25.9 Å². The molecule has 1 aliphatic heterocycles. The lowest BCUT2D eigenvalue weighted by molar-refractivity contribution is 0.0837. The van der Waals surface area contributed by atoms with Gasteiger partial charge in [-0.05, 0) is 41.2 Å². The van der Waals surface area contributed by atoms with E-state index in [9.17, 15) is 0 Å². The van der Waals surface area contributed by atoms with Crippen LogP contribution < -0.4 is 5.32 Å². The highest BCUT2D eigenvalue weighted by Gasteiger charge is 2.29. The fourth-order valence-electron chi connectivity index (χ4n) is 1.93. The standard InChI is InChI=1S/C11H17BrN2S/c1-11(2)8-13-4-5-14(11)7-10-9(12)3-6-15-10/h3,6,13H,4-5,7-8H2,1-2H3. The molecule has 0 aliphatic carbocycles. The molecule has 1 aromatic rings. The zero-order valence-electron chi connectivity index (χ0n) is 9.22. The fourth-order valence-corrected chi connectivity index (χ4v) is 3.42. The first-order valence-electron chi connectivity index (χ1n) is 5.27. The van der Waals surface area contributed by atoms with Gasteiger partial charge < -0.3 is 5.32 Å². The van der Waals surface area contributed by atoms with E-state index in [2.05, 4.69) is 51.4 Å². The molecule has 0 bridgehead atoms. The Balaban J connectivity index is 2.07. The van der Waals surface area contributed by atoms with Crippen LogP contribution in [0.3, 0.4) is 0 Å². The topological polar surface area (TPSA) is 15.3 Å². The summed E-state index contributed by atoms with van der Waals surface area (Å²) in [7, 11) is 0. The van der Waals surface area contributed by atoms with E-state index in [1.54, 1.807) is 0 Å².